The predicted octanol–water partition coefficient (Wildman–Crippen LogP) is 6.97. The Balaban J connectivity index is 1.35. The number of likely N-dealkylation sites (tertiary alicyclic amines) is 1. The lowest BCUT2D eigenvalue weighted by Crippen LogP contribution is -2.45. The fourth-order valence-corrected chi connectivity index (χ4v) is 5.35. The van der Waals surface area contributed by atoms with Crippen LogP contribution in [0.5, 0.6) is 0 Å². The summed E-state index contributed by atoms with van der Waals surface area (Å²) in [6.45, 7) is 7.29. The normalized spacial score (nSPS) is 16.6. The van der Waals surface area contributed by atoms with Gasteiger partial charge in [-0.05, 0) is 75.1 Å². The van der Waals surface area contributed by atoms with Gasteiger partial charge < -0.3 is 9.64 Å². The number of aliphatic imine (C=N–C) groups is 1. The zero-order valence-electron chi connectivity index (χ0n) is 21.0. The minimum atomic E-state index is -0.453. The highest BCUT2D eigenvalue weighted by atomic mass is 16.6. The van der Waals surface area contributed by atoms with Gasteiger partial charge in [-0.15, -0.1) is 0 Å². The second kappa shape index (κ2) is 9.33. The minimum Gasteiger partial charge on any atom is -0.444 e. The Kier molecular flexibility index (Phi) is 6.22. The van der Waals surface area contributed by atoms with E-state index in [1.165, 1.54) is 11.1 Å². The van der Waals surface area contributed by atoms with Crippen molar-refractivity contribution in [2.75, 3.05) is 13.1 Å². The van der Waals surface area contributed by atoms with Crippen LogP contribution in [0.4, 0.5) is 10.5 Å². The molecule has 1 saturated heterocycles. The van der Waals surface area contributed by atoms with Gasteiger partial charge in [0.2, 0.25) is 0 Å². The first-order chi connectivity index (χ1) is 16.8. The molecule has 2 aliphatic rings. The second-order valence-corrected chi connectivity index (χ2v) is 11.0. The van der Waals surface area contributed by atoms with E-state index in [0.29, 0.717) is 0 Å². The summed E-state index contributed by atoms with van der Waals surface area (Å²) in [5.74, 6) is 0. The zero-order chi connectivity index (χ0) is 24.5. The molecule has 4 nitrogen and oxygen atoms in total. The SMILES string of the molecule is CC(C)(C)OC(=O)N1CCC2(CC1)Cc1ccc(N=C(c3ccccc3)c3ccccc3)cc1C2. The molecule has 0 bridgehead atoms. The molecule has 3 aromatic carbocycles. The molecule has 35 heavy (non-hydrogen) atoms. The molecule has 1 aliphatic heterocycles. The fraction of sp³-hybridized carbons (Fsp3) is 0.355. The Morgan fingerprint density at radius 3 is 1.97 bits per heavy atom. The van der Waals surface area contributed by atoms with Crippen molar-refractivity contribution in [3.8, 4) is 0 Å². The number of hydrogen-bond acceptors (Lipinski definition) is 3. The minimum absolute atomic E-state index is 0.186. The first-order valence-corrected chi connectivity index (χ1v) is 12.6. The number of nitrogens with zero attached hydrogens (tertiary/aromatic N) is 2. The monoisotopic (exact) mass is 466 g/mol. The summed E-state index contributed by atoms with van der Waals surface area (Å²) in [5, 5.41) is 0. The standard InChI is InChI=1S/C31H34N2O2/c1-30(2,3)35-29(34)33-18-16-31(17-19-33)21-25-14-15-27(20-26(25)22-31)32-28(23-10-6-4-7-11-23)24-12-8-5-9-13-24/h4-15,20H,16-19,21-22H2,1-3H3. The lowest BCUT2D eigenvalue weighted by Gasteiger charge is -2.39. The highest BCUT2D eigenvalue weighted by Crippen LogP contribution is 2.45. The number of carbonyl (C=O) groups excluding carboxylic acids is 1. The summed E-state index contributed by atoms with van der Waals surface area (Å²) in [7, 11) is 0. The molecule has 0 N–H and O–H groups in total. The molecule has 0 saturated carbocycles. The van der Waals surface area contributed by atoms with Crippen molar-refractivity contribution < 1.29 is 9.53 Å². The Bertz CT molecular complexity index is 1180. The average molecular weight is 467 g/mol. The van der Waals surface area contributed by atoms with Crippen molar-refractivity contribution in [1.82, 2.24) is 4.90 Å². The van der Waals surface area contributed by atoms with E-state index < -0.39 is 5.60 Å². The molecule has 4 heteroatoms. The maximum absolute atomic E-state index is 12.5. The second-order valence-electron chi connectivity index (χ2n) is 11.0. The summed E-state index contributed by atoms with van der Waals surface area (Å²) in [6, 6.07) is 27.5. The molecule has 0 radical (unpaired) electrons. The van der Waals surface area contributed by atoms with Gasteiger partial charge in [-0.2, -0.15) is 0 Å². The third-order valence-corrected chi connectivity index (χ3v) is 7.13. The molecule has 1 fully saturated rings. The number of rotatable bonds is 3. The van der Waals surface area contributed by atoms with E-state index in [4.69, 9.17) is 9.73 Å². The third-order valence-electron chi connectivity index (χ3n) is 7.13. The first kappa shape index (κ1) is 23.3. The predicted molar refractivity (Wildman–Crippen MR) is 142 cm³/mol. The highest BCUT2D eigenvalue weighted by molar-refractivity contribution is 6.13. The number of ether oxygens (including phenoxy) is 1. The summed E-state index contributed by atoms with van der Waals surface area (Å²) in [4.78, 5) is 19.5. The topological polar surface area (TPSA) is 41.9 Å². The van der Waals surface area contributed by atoms with Crippen molar-refractivity contribution in [3.63, 3.8) is 0 Å². The number of amides is 1. The first-order valence-electron chi connectivity index (χ1n) is 12.6. The molecular weight excluding hydrogens is 432 g/mol. The quantitative estimate of drug-likeness (QED) is 0.391. The van der Waals surface area contributed by atoms with E-state index in [1.807, 2.05) is 37.8 Å². The van der Waals surface area contributed by atoms with E-state index in [-0.39, 0.29) is 11.5 Å². The number of carbonyl (C=O) groups is 1. The van der Waals surface area contributed by atoms with Crippen LogP contribution in [0.1, 0.15) is 55.9 Å². The van der Waals surface area contributed by atoms with Crippen LogP contribution < -0.4 is 0 Å². The smallest absolute Gasteiger partial charge is 0.410 e. The Morgan fingerprint density at radius 1 is 0.829 bits per heavy atom. The number of benzene rings is 3. The molecule has 5 rings (SSSR count). The van der Waals surface area contributed by atoms with Crippen LogP contribution in [0.25, 0.3) is 0 Å². The Labute approximate surface area is 208 Å². The maximum Gasteiger partial charge on any atom is 0.410 e. The van der Waals surface area contributed by atoms with Gasteiger partial charge in [0, 0.05) is 24.2 Å². The molecule has 1 aliphatic carbocycles. The van der Waals surface area contributed by atoms with E-state index in [2.05, 4.69) is 66.7 Å². The van der Waals surface area contributed by atoms with Crippen LogP contribution in [0.15, 0.2) is 83.9 Å². The largest absolute Gasteiger partial charge is 0.444 e. The summed E-state index contributed by atoms with van der Waals surface area (Å²) < 4.78 is 5.59. The van der Waals surface area contributed by atoms with Crippen LogP contribution in [0.3, 0.4) is 0 Å². The molecule has 0 aromatic heterocycles. The van der Waals surface area contributed by atoms with Crippen LogP contribution >= 0.6 is 0 Å². The van der Waals surface area contributed by atoms with Gasteiger partial charge in [-0.3, -0.25) is 0 Å². The van der Waals surface area contributed by atoms with Crippen molar-refractivity contribution in [2.45, 2.75) is 52.1 Å². The van der Waals surface area contributed by atoms with Gasteiger partial charge in [-0.25, -0.2) is 9.79 Å². The summed E-state index contributed by atoms with van der Waals surface area (Å²) in [6.07, 6.45) is 3.98. The van der Waals surface area contributed by atoms with E-state index in [1.54, 1.807) is 0 Å². The van der Waals surface area contributed by atoms with Crippen LogP contribution in [-0.4, -0.2) is 35.4 Å². The van der Waals surface area contributed by atoms with Gasteiger partial charge in [0.25, 0.3) is 0 Å². The highest BCUT2D eigenvalue weighted by Gasteiger charge is 2.41. The number of fused-ring (bicyclic) bond motifs is 1. The van der Waals surface area contributed by atoms with Gasteiger partial charge in [0.15, 0.2) is 0 Å². The van der Waals surface area contributed by atoms with Crippen LogP contribution in [0, 0.1) is 5.41 Å². The van der Waals surface area contributed by atoms with Crippen LogP contribution in [0.2, 0.25) is 0 Å². The van der Waals surface area contributed by atoms with Crippen molar-refractivity contribution >= 4 is 17.5 Å². The molecule has 1 heterocycles. The lowest BCUT2D eigenvalue weighted by molar-refractivity contribution is 0.0111. The van der Waals surface area contributed by atoms with Gasteiger partial charge in [0.1, 0.15) is 5.60 Å². The molecule has 1 spiro atoms. The van der Waals surface area contributed by atoms with Crippen molar-refractivity contribution in [2.24, 2.45) is 10.4 Å². The van der Waals surface area contributed by atoms with Gasteiger partial charge in [0.05, 0.1) is 11.4 Å². The Morgan fingerprint density at radius 2 is 1.40 bits per heavy atom. The van der Waals surface area contributed by atoms with E-state index >= 15 is 0 Å². The number of piperidine rings is 1. The average Bonchev–Trinajstić information content (AvgIpc) is 3.19. The third kappa shape index (κ3) is 5.32. The summed E-state index contributed by atoms with van der Waals surface area (Å²) in [5.41, 5.74) is 6.83. The molecule has 3 aromatic rings. The van der Waals surface area contributed by atoms with E-state index in [0.717, 1.165) is 61.3 Å². The molecule has 1 amide bonds. The zero-order valence-corrected chi connectivity index (χ0v) is 21.0. The molecule has 0 unspecified atom stereocenters. The van der Waals surface area contributed by atoms with Crippen LogP contribution in [-0.2, 0) is 17.6 Å². The Hall–Kier alpha value is -3.40. The molecular formula is C31H34N2O2. The van der Waals surface area contributed by atoms with E-state index in [9.17, 15) is 4.79 Å². The van der Waals surface area contributed by atoms with Crippen molar-refractivity contribution in [1.29, 1.82) is 0 Å². The molecule has 0 atom stereocenters. The lowest BCUT2D eigenvalue weighted by atomic mass is 9.76. The maximum atomic E-state index is 12.5. The number of hydrogen-bond donors (Lipinski definition) is 0. The fourth-order valence-electron chi connectivity index (χ4n) is 5.35. The molecule has 180 valence electrons. The summed E-state index contributed by atoms with van der Waals surface area (Å²) >= 11 is 0. The van der Waals surface area contributed by atoms with Gasteiger partial charge in [-0.1, -0.05) is 66.7 Å². The van der Waals surface area contributed by atoms with Crippen molar-refractivity contribution in [3.05, 3.63) is 101 Å². The van der Waals surface area contributed by atoms with Gasteiger partial charge >= 0.3 is 6.09 Å².